The van der Waals surface area contributed by atoms with Crippen LogP contribution in [0.3, 0.4) is 0 Å². The van der Waals surface area contributed by atoms with Gasteiger partial charge in [0.15, 0.2) is 5.96 Å². The minimum Gasteiger partial charge on any atom is -0.493 e. The van der Waals surface area contributed by atoms with Gasteiger partial charge in [-0.2, -0.15) is 0 Å². The van der Waals surface area contributed by atoms with Crippen molar-refractivity contribution in [3.05, 3.63) is 29.8 Å². The van der Waals surface area contributed by atoms with Gasteiger partial charge in [0, 0.05) is 32.4 Å². The number of guanidine groups is 1. The van der Waals surface area contributed by atoms with Gasteiger partial charge >= 0.3 is 0 Å². The first-order valence-corrected chi connectivity index (χ1v) is 10.1. The molecule has 1 aliphatic rings. The van der Waals surface area contributed by atoms with Crippen molar-refractivity contribution in [2.75, 3.05) is 46.6 Å². The molecule has 160 valence electrons. The van der Waals surface area contributed by atoms with E-state index in [4.69, 9.17) is 19.2 Å². The molecule has 0 unspecified atom stereocenters. The van der Waals surface area contributed by atoms with Gasteiger partial charge in [-0.1, -0.05) is 18.2 Å². The number of para-hydroxylation sites is 1. The van der Waals surface area contributed by atoms with E-state index in [1.54, 1.807) is 7.11 Å². The lowest BCUT2D eigenvalue weighted by atomic mass is 10.2. The number of nitrogens with one attached hydrogen (secondary N) is 2. The van der Waals surface area contributed by atoms with E-state index in [0.29, 0.717) is 19.8 Å². The van der Waals surface area contributed by atoms with Crippen molar-refractivity contribution >= 4 is 29.9 Å². The zero-order chi connectivity index (χ0) is 19.2. The van der Waals surface area contributed by atoms with E-state index in [9.17, 15) is 0 Å². The van der Waals surface area contributed by atoms with Crippen LogP contribution in [0, 0.1) is 5.92 Å². The van der Waals surface area contributed by atoms with Crippen LogP contribution in [0.2, 0.25) is 0 Å². The second-order valence-corrected chi connectivity index (χ2v) is 6.80. The first kappa shape index (κ1) is 25.0. The Bertz CT molecular complexity index is 553. The molecule has 0 saturated heterocycles. The zero-order valence-electron chi connectivity index (χ0n) is 17.2. The molecular formula is C21H36IN3O3. The zero-order valence-corrected chi connectivity index (χ0v) is 19.6. The fraction of sp³-hybridized carbons (Fsp3) is 0.667. The highest BCUT2D eigenvalue weighted by Crippen LogP contribution is 2.30. The molecule has 1 fully saturated rings. The summed E-state index contributed by atoms with van der Waals surface area (Å²) in [7, 11) is 1.69. The lowest BCUT2D eigenvalue weighted by Gasteiger charge is -2.13. The van der Waals surface area contributed by atoms with E-state index in [1.807, 2.05) is 18.2 Å². The topological polar surface area (TPSA) is 64.1 Å². The molecular weight excluding hydrogens is 469 g/mol. The minimum atomic E-state index is 0. The SMILES string of the molecule is CCNC(=NCc1ccccc1OCC1CC1)NCCCCOCCOC.I. The van der Waals surface area contributed by atoms with Crippen LogP contribution in [-0.2, 0) is 16.0 Å². The first-order valence-electron chi connectivity index (χ1n) is 10.1. The smallest absolute Gasteiger partial charge is 0.191 e. The van der Waals surface area contributed by atoms with Gasteiger partial charge in [0.2, 0.25) is 0 Å². The van der Waals surface area contributed by atoms with Gasteiger partial charge in [0.1, 0.15) is 5.75 Å². The van der Waals surface area contributed by atoms with Crippen LogP contribution < -0.4 is 15.4 Å². The van der Waals surface area contributed by atoms with Crippen LogP contribution in [0.5, 0.6) is 5.75 Å². The molecule has 1 saturated carbocycles. The molecule has 0 bridgehead atoms. The molecule has 2 rings (SSSR count). The highest BCUT2D eigenvalue weighted by molar-refractivity contribution is 14.0. The van der Waals surface area contributed by atoms with Crippen LogP contribution in [0.4, 0.5) is 0 Å². The summed E-state index contributed by atoms with van der Waals surface area (Å²) in [5.74, 6) is 2.55. The lowest BCUT2D eigenvalue weighted by Crippen LogP contribution is -2.37. The molecule has 1 aromatic rings. The van der Waals surface area contributed by atoms with Gasteiger partial charge in [0.25, 0.3) is 0 Å². The van der Waals surface area contributed by atoms with Gasteiger partial charge in [-0.3, -0.25) is 0 Å². The molecule has 0 amide bonds. The van der Waals surface area contributed by atoms with E-state index in [2.05, 4.69) is 23.6 Å². The Labute approximate surface area is 186 Å². The van der Waals surface area contributed by atoms with E-state index in [-0.39, 0.29) is 24.0 Å². The predicted molar refractivity (Wildman–Crippen MR) is 125 cm³/mol. The molecule has 0 aliphatic heterocycles. The second kappa shape index (κ2) is 15.8. The highest BCUT2D eigenvalue weighted by Gasteiger charge is 2.22. The molecule has 0 aromatic heterocycles. The van der Waals surface area contributed by atoms with Crippen LogP contribution >= 0.6 is 24.0 Å². The van der Waals surface area contributed by atoms with E-state index in [0.717, 1.165) is 62.3 Å². The van der Waals surface area contributed by atoms with E-state index >= 15 is 0 Å². The first-order chi connectivity index (χ1) is 13.3. The molecule has 0 radical (unpaired) electrons. The number of rotatable bonds is 14. The van der Waals surface area contributed by atoms with Gasteiger partial charge < -0.3 is 24.8 Å². The van der Waals surface area contributed by atoms with E-state index in [1.165, 1.54) is 12.8 Å². The van der Waals surface area contributed by atoms with Crippen LogP contribution in [-0.4, -0.2) is 52.6 Å². The highest BCUT2D eigenvalue weighted by atomic mass is 127. The van der Waals surface area contributed by atoms with Crippen molar-refractivity contribution < 1.29 is 14.2 Å². The molecule has 1 aromatic carbocycles. The Morgan fingerprint density at radius 2 is 1.93 bits per heavy atom. The van der Waals surface area contributed by atoms with Crippen molar-refractivity contribution in [3.63, 3.8) is 0 Å². The number of unbranched alkanes of at least 4 members (excludes halogenated alkanes) is 1. The summed E-state index contributed by atoms with van der Waals surface area (Å²) in [6.07, 6.45) is 4.66. The molecule has 2 N–H and O–H groups in total. The molecule has 28 heavy (non-hydrogen) atoms. The average molecular weight is 505 g/mol. The third-order valence-corrected chi connectivity index (χ3v) is 4.34. The Morgan fingerprint density at radius 3 is 2.68 bits per heavy atom. The summed E-state index contributed by atoms with van der Waals surface area (Å²) in [6, 6.07) is 8.19. The Balaban J connectivity index is 0.00000392. The molecule has 0 spiro atoms. The fourth-order valence-corrected chi connectivity index (χ4v) is 2.55. The van der Waals surface area contributed by atoms with Gasteiger partial charge in [-0.15, -0.1) is 24.0 Å². The van der Waals surface area contributed by atoms with Crippen molar-refractivity contribution in [3.8, 4) is 5.75 Å². The summed E-state index contributed by atoms with van der Waals surface area (Å²) in [5, 5.41) is 6.69. The number of nitrogens with zero attached hydrogens (tertiary/aromatic N) is 1. The normalized spacial score (nSPS) is 13.7. The van der Waals surface area contributed by atoms with Gasteiger partial charge in [-0.25, -0.2) is 4.99 Å². The number of hydrogen-bond donors (Lipinski definition) is 2. The number of halogens is 1. The summed E-state index contributed by atoms with van der Waals surface area (Å²) in [4.78, 5) is 4.71. The van der Waals surface area contributed by atoms with Crippen molar-refractivity contribution in [1.29, 1.82) is 0 Å². The van der Waals surface area contributed by atoms with Crippen molar-refractivity contribution in [2.24, 2.45) is 10.9 Å². The third-order valence-electron chi connectivity index (χ3n) is 4.34. The lowest BCUT2D eigenvalue weighted by molar-refractivity contribution is 0.0689. The largest absolute Gasteiger partial charge is 0.493 e. The summed E-state index contributed by atoms with van der Waals surface area (Å²) < 4.78 is 16.4. The van der Waals surface area contributed by atoms with Crippen LogP contribution in [0.1, 0.15) is 38.2 Å². The monoisotopic (exact) mass is 505 g/mol. The van der Waals surface area contributed by atoms with E-state index < -0.39 is 0 Å². The summed E-state index contributed by atoms with van der Waals surface area (Å²) >= 11 is 0. The maximum Gasteiger partial charge on any atom is 0.191 e. The number of benzene rings is 1. The summed E-state index contributed by atoms with van der Waals surface area (Å²) in [6.45, 7) is 7.31. The molecule has 1 aliphatic carbocycles. The van der Waals surface area contributed by atoms with Crippen molar-refractivity contribution in [2.45, 2.75) is 39.2 Å². The number of hydrogen-bond acceptors (Lipinski definition) is 4. The van der Waals surface area contributed by atoms with Crippen LogP contribution in [0.15, 0.2) is 29.3 Å². The average Bonchev–Trinajstić information content (AvgIpc) is 3.51. The fourth-order valence-electron chi connectivity index (χ4n) is 2.55. The molecule has 0 heterocycles. The van der Waals surface area contributed by atoms with Crippen LogP contribution in [0.25, 0.3) is 0 Å². The second-order valence-electron chi connectivity index (χ2n) is 6.80. The quantitative estimate of drug-likeness (QED) is 0.175. The maximum atomic E-state index is 5.97. The van der Waals surface area contributed by atoms with Gasteiger partial charge in [0.05, 0.1) is 26.4 Å². The molecule has 6 nitrogen and oxygen atoms in total. The third kappa shape index (κ3) is 11.1. The Hall–Kier alpha value is -1.06. The number of ether oxygens (including phenoxy) is 3. The molecule has 0 atom stereocenters. The summed E-state index contributed by atoms with van der Waals surface area (Å²) in [5.41, 5.74) is 1.13. The minimum absolute atomic E-state index is 0. The number of aliphatic imine (C=N–C) groups is 1. The van der Waals surface area contributed by atoms with Crippen molar-refractivity contribution in [1.82, 2.24) is 10.6 Å². The standard InChI is InChI=1S/C21H35N3O3.HI/c1-3-22-21(23-12-6-7-13-26-15-14-25-2)24-16-19-8-4-5-9-20(19)27-17-18-10-11-18;/h4-5,8-9,18H,3,6-7,10-17H2,1-2H3,(H2,22,23,24);1H. The predicted octanol–water partition coefficient (Wildman–Crippen LogP) is 3.59. The molecule has 7 heteroatoms. The number of methoxy groups -OCH3 is 1. The van der Waals surface area contributed by atoms with Gasteiger partial charge in [-0.05, 0) is 44.6 Å². The Kier molecular flexibility index (Phi) is 14.1. The maximum absolute atomic E-state index is 5.97. The Morgan fingerprint density at radius 1 is 1.11 bits per heavy atom.